The molecule has 10 aromatic rings. The zero-order valence-electron chi connectivity index (χ0n) is 27.7. The SMILES string of the molecule is c1ccc(-c2ccc(N(c3ccc4oc5c(-c6ccccc6)cccc5c4c3)c3cccc4sc5c(-c6ccccc6)cccc5c34)cc2)cc1. The summed E-state index contributed by atoms with van der Waals surface area (Å²) in [7, 11) is 0. The van der Waals surface area contributed by atoms with Gasteiger partial charge in [0.1, 0.15) is 11.2 Å². The van der Waals surface area contributed by atoms with E-state index in [0.717, 1.165) is 50.1 Å². The molecule has 0 amide bonds. The second kappa shape index (κ2) is 12.2. The molecule has 0 fully saturated rings. The molecule has 0 unspecified atom stereocenters. The summed E-state index contributed by atoms with van der Waals surface area (Å²) in [6.45, 7) is 0. The van der Waals surface area contributed by atoms with Crippen LogP contribution in [0.2, 0.25) is 0 Å². The molecule has 0 spiro atoms. The van der Waals surface area contributed by atoms with Gasteiger partial charge in [-0.15, -0.1) is 11.3 Å². The van der Waals surface area contributed by atoms with Gasteiger partial charge in [-0.2, -0.15) is 0 Å². The van der Waals surface area contributed by atoms with Gasteiger partial charge in [0.05, 0.1) is 5.69 Å². The van der Waals surface area contributed by atoms with Gasteiger partial charge < -0.3 is 9.32 Å². The van der Waals surface area contributed by atoms with Crippen LogP contribution in [0.15, 0.2) is 192 Å². The molecule has 0 aliphatic carbocycles. The monoisotopic (exact) mass is 669 g/mol. The van der Waals surface area contributed by atoms with Crippen LogP contribution in [0, 0.1) is 0 Å². The van der Waals surface area contributed by atoms with Crippen molar-refractivity contribution < 1.29 is 4.42 Å². The van der Waals surface area contributed by atoms with Crippen molar-refractivity contribution in [3.63, 3.8) is 0 Å². The number of nitrogens with zero attached hydrogens (tertiary/aromatic N) is 1. The zero-order valence-corrected chi connectivity index (χ0v) is 28.5. The lowest BCUT2D eigenvalue weighted by Gasteiger charge is -2.27. The van der Waals surface area contributed by atoms with Gasteiger partial charge >= 0.3 is 0 Å². The van der Waals surface area contributed by atoms with Crippen LogP contribution in [0.1, 0.15) is 0 Å². The summed E-state index contributed by atoms with van der Waals surface area (Å²) in [6, 6.07) is 67.2. The van der Waals surface area contributed by atoms with E-state index < -0.39 is 0 Å². The van der Waals surface area contributed by atoms with Crippen LogP contribution >= 0.6 is 11.3 Å². The first kappa shape index (κ1) is 29.5. The summed E-state index contributed by atoms with van der Waals surface area (Å²) in [5, 5.41) is 4.73. The van der Waals surface area contributed by atoms with Crippen LogP contribution < -0.4 is 4.90 Å². The molecule has 2 nitrogen and oxygen atoms in total. The molecule has 0 radical (unpaired) electrons. The first-order chi connectivity index (χ1) is 25.3. The molecule has 240 valence electrons. The van der Waals surface area contributed by atoms with Crippen molar-refractivity contribution in [2.75, 3.05) is 4.90 Å². The summed E-state index contributed by atoms with van der Waals surface area (Å²) < 4.78 is 9.17. The summed E-state index contributed by atoms with van der Waals surface area (Å²) in [6.07, 6.45) is 0. The number of rotatable bonds is 6. The van der Waals surface area contributed by atoms with E-state index in [4.69, 9.17) is 4.42 Å². The van der Waals surface area contributed by atoms with E-state index in [-0.39, 0.29) is 0 Å². The van der Waals surface area contributed by atoms with Crippen molar-refractivity contribution in [2.45, 2.75) is 0 Å². The highest BCUT2D eigenvalue weighted by Gasteiger charge is 2.21. The Morgan fingerprint density at radius 1 is 0.412 bits per heavy atom. The van der Waals surface area contributed by atoms with Crippen molar-refractivity contribution in [3.8, 4) is 33.4 Å². The van der Waals surface area contributed by atoms with Crippen molar-refractivity contribution >= 4 is 70.5 Å². The molecular weight excluding hydrogens is 639 g/mol. The van der Waals surface area contributed by atoms with Crippen LogP contribution in [0.3, 0.4) is 0 Å². The minimum absolute atomic E-state index is 0.878. The lowest BCUT2D eigenvalue weighted by Crippen LogP contribution is -2.10. The van der Waals surface area contributed by atoms with Crippen LogP contribution in [-0.4, -0.2) is 0 Å². The van der Waals surface area contributed by atoms with E-state index in [1.54, 1.807) is 0 Å². The zero-order chi connectivity index (χ0) is 33.7. The number of furan rings is 1. The topological polar surface area (TPSA) is 16.4 Å². The standard InChI is InChI=1S/C48H31NOS/c1-4-13-32(14-5-1)33-25-27-36(28-26-33)49(37-29-30-44-42(31-37)40-21-10-19-38(47(40)50-44)34-15-6-2-7-16-34)43-23-12-24-45-46(43)41-22-11-20-39(48(41)51-45)35-17-8-3-9-18-35/h1-31H. The van der Waals surface area contributed by atoms with E-state index in [0.29, 0.717) is 0 Å². The second-order valence-corrected chi connectivity index (χ2v) is 13.9. The fourth-order valence-electron chi connectivity index (χ4n) is 7.49. The predicted molar refractivity (Wildman–Crippen MR) is 218 cm³/mol. The van der Waals surface area contributed by atoms with Crippen molar-refractivity contribution in [2.24, 2.45) is 0 Å². The van der Waals surface area contributed by atoms with Crippen LogP contribution in [0.25, 0.3) is 75.5 Å². The Morgan fingerprint density at radius 3 is 1.73 bits per heavy atom. The highest BCUT2D eigenvalue weighted by Crippen LogP contribution is 2.48. The first-order valence-corrected chi connectivity index (χ1v) is 18.1. The van der Waals surface area contributed by atoms with Crippen LogP contribution in [0.4, 0.5) is 17.1 Å². The molecule has 0 saturated carbocycles. The van der Waals surface area contributed by atoms with Gasteiger partial charge in [0.15, 0.2) is 0 Å². The smallest absolute Gasteiger partial charge is 0.143 e. The van der Waals surface area contributed by atoms with Gasteiger partial charge in [-0.05, 0) is 70.3 Å². The summed E-state index contributed by atoms with van der Waals surface area (Å²) in [4.78, 5) is 2.41. The third kappa shape index (κ3) is 5.01. The Kier molecular flexibility index (Phi) is 7.04. The number of hydrogen-bond donors (Lipinski definition) is 0. The van der Waals surface area contributed by atoms with Gasteiger partial charge in [-0.3, -0.25) is 0 Å². The summed E-state index contributed by atoms with van der Waals surface area (Å²) >= 11 is 1.87. The minimum atomic E-state index is 0.878. The normalized spacial score (nSPS) is 11.5. The first-order valence-electron chi connectivity index (χ1n) is 17.3. The predicted octanol–water partition coefficient (Wildman–Crippen LogP) is 14.4. The number of para-hydroxylation sites is 1. The molecule has 0 atom stereocenters. The highest BCUT2D eigenvalue weighted by molar-refractivity contribution is 7.26. The number of anilines is 3. The number of fused-ring (bicyclic) bond motifs is 6. The van der Waals surface area contributed by atoms with Crippen LogP contribution in [0.5, 0.6) is 0 Å². The largest absolute Gasteiger partial charge is 0.455 e. The molecule has 51 heavy (non-hydrogen) atoms. The van der Waals surface area contributed by atoms with E-state index in [1.807, 2.05) is 11.3 Å². The van der Waals surface area contributed by atoms with E-state index in [2.05, 4.69) is 193 Å². The molecule has 0 aliphatic rings. The quantitative estimate of drug-likeness (QED) is 0.175. The molecule has 8 aromatic carbocycles. The Morgan fingerprint density at radius 2 is 1.00 bits per heavy atom. The van der Waals surface area contributed by atoms with Crippen molar-refractivity contribution in [3.05, 3.63) is 188 Å². The third-order valence-electron chi connectivity index (χ3n) is 9.88. The van der Waals surface area contributed by atoms with Gasteiger partial charge in [-0.1, -0.05) is 146 Å². The van der Waals surface area contributed by atoms with E-state index in [9.17, 15) is 0 Å². The van der Waals surface area contributed by atoms with Crippen molar-refractivity contribution in [1.82, 2.24) is 0 Å². The third-order valence-corrected chi connectivity index (χ3v) is 11.1. The maximum atomic E-state index is 6.60. The Labute approximate surface area is 300 Å². The molecule has 0 N–H and O–H groups in total. The molecule has 0 aliphatic heterocycles. The molecular formula is C48H31NOS. The van der Waals surface area contributed by atoms with Gasteiger partial charge in [-0.25, -0.2) is 0 Å². The number of hydrogen-bond acceptors (Lipinski definition) is 3. The molecule has 0 saturated heterocycles. The highest BCUT2D eigenvalue weighted by atomic mass is 32.1. The minimum Gasteiger partial charge on any atom is -0.455 e. The average molecular weight is 670 g/mol. The molecule has 10 rings (SSSR count). The number of benzene rings is 8. The Bertz CT molecular complexity index is 2840. The summed E-state index contributed by atoms with van der Waals surface area (Å²) in [5.74, 6) is 0. The van der Waals surface area contributed by atoms with Gasteiger partial charge in [0.25, 0.3) is 0 Å². The molecule has 2 heterocycles. The maximum Gasteiger partial charge on any atom is 0.143 e. The fourth-order valence-corrected chi connectivity index (χ4v) is 8.75. The average Bonchev–Trinajstić information content (AvgIpc) is 3.78. The number of thiophene rings is 1. The molecule has 3 heteroatoms. The maximum absolute atomic E-state index is 6.60. The second-order valence-electron chi connectivity index (χ2n) is 12.9. The lowest BCUT2D eigenvalue weighted by atomic mass is 10.0. The Hall–Kier alpha value is -6.42. The molecule has 0 bridgehead atoms. The lowest BCUT2D eigenvalue weighted by molar-refractivity contribution is 0.670. The van der Waals surface area contributed by atoms with Crippen LogP contribution in [-0.2, 0) is 0 Å². The van der Waals surface area contributed by atoms with E-state index >= 15 is 0 Å². The van der Waals surface area contributed by atoms with Gasteiger partial charge in [0.2, 0.25) is 0 Å². The van der Waals surface area contributed by atoms with Crippen molar-refractivity contribution in [1.29, 1.82) is 0 Å². The van der Waals surface area contributed by atoms with Gasteiger partial charge in [0, 0.05) is 47.9 Å². The Balaban J connectivity index is 1.20. The molecule has 2 aromatic heterocycles. The fraction of sp³-hybridized carbons (Fsp3) is 0. The summed E-state index contributed by atoms with van der Waals surface area (Å²) in [5.41, 5.74) is 12.2. The van der Waals surface area contributed by atoms with E-state index in [1.165, 1.54) is 42.4 Å².